The van der Waals surface area contributed by atoms with Gasteiger partial charge in [0.25, 0.3) is 11.1 Å². The van der Waals surface area contributed by atoms with Crippen LogP contribution in [0.15, 0.2) is 34.9 Å². The summed E-state index contributed by atoms with van der Waals surface area (Å²) in [5.74, 6) is 0.0152. The van der Waals surface area contributed by atoms with Crippen molar-refractivity contribution in [2.24, 2.45) is 0 Å². The van der Waals surface area contributed by atoms with Gasteiger partial charge >= 0.3 is 0 Å². The minimum Gasteiger partial charge on any atom is -0.463 e. The summed E-state index contributed by atoms with van der Waals surface area (Å²) >= 11 is 2.94. The van der Waals surface area contributed by atoms with Crippen LogP contribution in [0.2, 0.25) is 0 Å². The fourth-order valence-corrected chi connectivity index (χ4v) is 3.07. The van der Waals surface area contributed by atoms with Gasteiger partial charge in [0.05, 0.1) is 18.7 Å². The van der Waals surface area contributed by atoms with Crippen LogP contribution in [-0.4, -0.2) is 46.2 Å². The number of likely N-dealkylation sites (tertiary alicyclic amines) is 1. The number of carbonyl (C=O) groups is 1. The highest BCUT2D eigenvalue weighted by Gasteiger charge is 2.34. The highest BCUT2D eigenvalue weighted by Crippen LogP contribution is 2.24. The summed E-state index contributed by atoms with van der Waals surface area (Å²) in [6, 6.07) is 3.60. The van der Waals surface area contributed by atoms with Crippen molar-refractivity contribution in [2.45, 2.75) is 11.1 Å². The number of carbonyl (C=O) groups excluding carboxylic acids is 1. The topological polar surface area (TPSA) is 55.3 Å². The van der Waals surface area contributed by atoms with Crippen molar-refractivity contribution >= 4 is 29.0 Å². The molecule has 7 heteroatoms. The molecule has 0 atom stereocenters. The molecule has 0 aromatic carbocycles. The Bertz CT molecular complexity index is 597. The van der Waals surface area contributed by atoms with Crippen LogP contribution in [0.3, 0.4) is 0 Å². The van der Waals surface area contributed by atoms with Crippen molar-refractivity contribution in [3.63, 3.8) is 0 Å². The Morgan fingerprint density at radius 3 is 3.00 bits per heavy atom. The molecule has 2 aromatic rings. The number of pyridine rings is 1. The van der Waals surface area contributed by atoms with Crippen LogP contribution in [0.1, 0.15) is 10.4 Å². The third kappa shape index (κ3) is 2.64. The SMILES string of the molecule is CSc1ncccc1C(=O)N1CC(Oc2nccs2)C1. The van der Waals surface area contributed by atoms with Crippen molar-refractivity contribution < 1.29 is 9.53 Å². The van der Waals surface area contributed by atoms with Crippen molar-refractivity contribution in [3.8, 4) is 5.19 Å². The first-order valence-corrected chi connectivity index (χ1v) is 8.23. The highest BCUT2D eigenvalue weighted by atomic mass is 32.2. The lowest BCUT2D eigenvalue weighted by Crippen LogP contribution is -2.56. The van der Waals surface area contributed by atoms with Gasteiger partial charge in [0, 0.05) is 17.8 Å². The summed E-state index contributed by atoms with van der Waals surface area (Å²) in [5.41, 5.74) is 0.660. The smallest absolute Gasteiger partial charge is 0.273 e. The number of hydrogen-bond acceptors (Lipinski definition) is 6. The molecule has 0 aliphatic carbocycles. The lowest BCUT2D eigenvalue weighted by molar-refractivity contribution is 0.0174. The summed E-state index contributed by atoms with van der Waals surface area (Å²) < 4.78 is 5.66. The van der Waals surface area contributed by atoms with Crippen LogP contribution < -0.4 is 4.74 Å². The van der Waals surface area contributed by atoms with E-state index in [4.69, 9.17) is 4.74 Å². The number of thioether (sulfide) groups is 1. The van der Waals surface area contributed by atoms with Gasteiger partial charge in [0.2, 0.25) is 0 Å². The second-order valence-electron chi connectivity index (χ2n) is 4.31. The number of nitrogens with zero attached hydrogens (tertiary/aromatic N) is 3. The molecule has 1 amide bonds. The average molecular weight is 307 g/mol. The normalized spacial score (nSPS) is 14.9. The third-order valence-electron chi connectivity index (χ3n) is 3.01. The van der Waals surface area contributed by atoms with Crippen molar-refractivity contribution in [1.82, 2.24) is 14.9 Å². The second kappa shape index (κ2) is 5.80. The van der Waals surface area contributed by atoms with E-state index in [-0.39, 0.29) is 12.0 Å². The molecule has 0 unspecified atom stereocenters. The molecule has 1 fully saturated rings. The van der Waals surface area contributed by atoms with Gasteiger partial charge in [0.1, 0.15) is 11.1 Å². The van der Waals surface area contributed by atoms with E-state index in [0.29, 0.717) is 23.8 Å². The standard InChI is InChI=1S/C13H13N3O2S2/c1-19-11-10(3-2-4-14-11)12(17)16-7-9(8-16)18-13-15-5-6-20-13/h2-6,9H,7-8H2,1H3. The van der Waals surface area contributed by atoms with E-state index in [1.165, 1.54) is 23.1 Å². The molecule has 1 aliphatic rings. The maximum Gasteiger partial charge on any atom is 0.273 e. The van der Waals surface area contributed by atoms with E-state index >= 15 is 0 Å². The number of hydrogen-bond donors (Lipinski definition) is 0. The Morgan fingerprint density at radius 1 is 1.45 bits per heavy atom. The molecular weight excluding hydrogens is 294 g/mol. The third-order valence-corrected chi connectivity index (χ3v) is 4.38. The van der Waals surface area contributed by atoms with Crippen LogP contribution in [0.25, 0.3) is 0 Å². The van der Waals surface area contributed by atoms with Crippen molar-refractivity contribution in [2.75, 3.05) is 19.3 Å². The molecule has 2 aromatic heterocycles. The molecule has 0 N–H and O–H groups in total. The number of aromatic nitrogens is 2. The van der Waals surface area contributed by atoms with Crippen molar-refractivity contribution in [1.29, 1.82) is 0 Å². The number of thiazole rings is 1. The number of ether oxygens (including phenoxy) is 1. The van der Waals surface area contributed by atoms with Gasteiger partial charge in [-0.15, -0.1) is 11.8 Å². The van der Waals surface area contributed by atoms with Crippen molar-refractivity contribution in [3.05, 3.63) is 35.5 Å². The summed E-state index contributed by atoms with van der Waals surface area (Å²) in [7, 11) is 0. The summed E-state index contributed by atoms with van der Waals surface area (Å²) in [5, 5.41) is 3.30. The van der Waals surface area contributed by atoms with Crippen LogP contribution in [-0.2, 0) is 0 Å². The summed E-state index contributed by atoms with van der Waals surface area (Å²) in [4.78, 5) is 22.4. The van der Waals surface area contributed by atoms with Gasteiger partial charge in [-0.1, -0.05) is 11.3 Å². The van der Waals surface area contributed by atoms with Crippen LogP contribution >= 0.6 is 23.1 Å². The Hall–Kier alpha value is -1.60. The molecule has 5 nitrogen and oxygen atoms in total. The predicted molar refractivity (Wildman–Crippen MR) is 78.5 cm³/mol. The van der Waals surface area contributed by atoms with E-state index in [9.17, 15) is 4.79 Å². The second-order valence-corrected chi connectivity index (χ2v) is 5.96. The molecule has 0 bridgehead atoms. The van der Waals surface area contributed by atoms with Gasteiger partial charge in [-0.25, -0.2) is 9.97 Å². The lowest BCUT2D eigenvalue weighted by Gasteiger charge is -2.38. The summed E-state index contributed by atoms with van der Waals surface area (Å²) in [6.07, 6.45) is 5.37. The Labute approximate surface area is 125 Å². The molecule has 104 valence electrons. The van der Waals surface area contributed by atoms with Gasteiger partial charge < -0.3 is 9.64 Å². The quantitative estimate of drug-likeness (QED) is 0.810. The molecule has 3 heterocycles. The maximum absolute atomic E-state index is 12.4. The maximum atomic E-state index is 12.4. The average Bonchev–Trinajstić information content (AvgIpc) is 2.94. The van der Waals surface area contributed by atoms with Gasteiger partial charge in [-0.2, -0.15) is 0 Å². The van der Waals surface area contributed by atoms with E-state index in [1.807, 2.05) is 17.7 Å². The minimum atomic E-state index is 0.0152. The Kier molecular flexibility index (Phi) is 3.88. The van der Waals surface area contributed by atoms with E-state index < -0.39 is 0 Å². The molecule has 3 rings (SSSR count). The zero-order valence-corrected chi connectivity index (χ0v) is 12.5. The van der Waals surface area contributed by atoms with Gasteiger partial charge in [-0.3, -0.25) is 4.79 Å². The first-order valence-electron chi connectivity index (χ1n) is 6.12. The Balaban J connectivity index is 1.60. The van der Waals surface area contributed by atoms with E-state index in [2.05, 4.69) is 9.97 Å². The summed E-state index contributed by atoms with van der Waals surface area (Å²) in [6.45, 7) is 1.20. The predicted octanol–water partition coefficient (Wildman–Crippen LogP) is 2.16. The Morgan fingerprint density at radius 2 is 2.30 bits per heavy atom. The molecule has 0 spiro atoms. The van der Waals surface area contributed by atoms with Crippen LogP contribution in [0.5, 0.6) is 5.19 Å². The monoisotopic (exact) mass is 307 g/mol. The van der Waals surface area contributed by atoms with Gasteiger partial charge in [-0.05, 0) is 18.4 Å². The minimum absolute atomic E-state index is 0.0152. The molecule has 0 saturated carbocycles. The lowest BCUT2D eigenvalue weighted by atomic mass is 10.1. The zero-order chi connectivity index (χ0) is 13.9. The van der Waals surface area contributed by atoms with Crippen LogP contribution in [0, 0.1) is 0 Å². The molecule has 1 saturated heterocycles. The molecular formula is C13H13N3O2S2. The molecule has 20 heavy (non-hydrogen) atoms. The van der Waals surface area contributed by atoms with Crippen LogP contribution in [0.4, 0.5) is 0 Å². The fourth-order valence-electron chi connectivity index (χ4n) is 1.98. The van der Waals surface area contributed by atoms with E-state index in [0.717, 1.165) is 5.03 Å². The molecule has 1 aliphatic heterocycles. The number of rotatable bonds is 4. The first kappa shape index (κ1) is 13.4. The first-order chi connectivity index (χ1) is 9.78. The van der Waals surface area contributed by atoms with Gasteiger partial charge in [0.15, 0.2) is 0 Å². The fraction of sp³-hybridized carbons (Fsp3) is 0.308. The molecule has 0 radical (unpaired) electrons. The highest BCUT2D eigenvalue weighted by molar-refractivity contribution is 7.98. The largest absolute Gasteiger partial charge is 0.463 e. The zero-order valence-electron chi connectivity index (χ0n) is 10.9. The van der Waals surface area contributed by atoms with E-state index in [1.54, 1.807) is 23.4 Å². The number of amides is 1.